The molecule has 0 radical (unpaired) electrons. The van der Waals surface area contributed by atoms with Crippen LogP contribution in [0.4, 0.5) is 0 Å². The lowest BCUT2D eigenvalue weighted by Gasteiger charge is -2.30. The monoisotopic (exact) mass is 362 g/mol. The molecule has 0 heterocycles. The average Bonchev–Trinajstić information content (AvgIpc) is 2.67. The Morgan fingerprint density at radius 2 is 0.962 bits per heavy atom. The number of carboxylic acid groups (broad SMARTS) is 1. The fraction of sp³-hybridized carbons (Fsp3) is 0.0455. The molecule has 0 aromatic heterocycles. The molecule has 130 valence electrons. The van der Waals surface area contributed by atoms with E-state index in [-0.39, 0.29) is 5.29 Å². The van der Waals surface area contributed by atoms with Gasteiger partial charge >= 0.3 is 5.97 Å². The van der Waals surface area contributed by atoms with Crippen LogP contribution in [0.5, 0.6) is 0 Å². The van der Waals surface area contributed by atoms with E-state index < -0.39 is 18.6 Å². The lowest BCUT2D eigenvalue weighted by Crippen LogP contribution is -2.36. The highest BCUT2D eigenvalue weighted by Gasteiger charge is 2.35. The second kappa shape index (κ2) is 7.55. The van der Waals surface area contributed by atoms with Gasteiger partial charge in [0, 0.05) is 0 Å². The molecule has 3 aromatic carbocycles. The second-order valence-corrected chi connectivity index (χ2v) is 9.23. The maximum absolute atomic E-state index is 12.6. The number of carbonyl (C=O) groups excluding carboxylic acids is 1. The maximum Gasteiger partial charge on any atom is 0.340 e. The molecule has 3 aromatic rings. The summed E-state index contributed by atoms with van der Waals surface area (Å²) in [6.45, 7) is -1.47. The van der Waals surface area contributed by atoms with E-state index in [0.717, 1.165) is 15.9 Å². The van der Waals surface area contributed by atoms with Crippen LogP contribution in [0.2, 0.25) is 0 Å². The largest absolute Gasteiger partial charge is 0.478 e. The summed E-state index contributed by atoms with van der Waals surface area (Å²) < 4.78 is 0. The number of hydrogen-bond donors (Lipinski definition) is 1. The number of aliphatic carboxylic acids is 1. The van der Waals surface area contributed by atoms with Gasteiger partial charge in [0.15, 0.2) is 5.78 Å². The molecule has 0 aliphatic heterocycles. The summed E-state index contributed by atoms with van der Waals surface area (Å²) in [6, 6.07) is 28.5. The smallest absolute Gasteiger partial charge is 0.340 e. The van der Waals surface area contributed by atoms with Crippen molar-refractivity contribution in [1.29, 1.82) is 0 Å². The number of Topliss-reactive ketones (excluding diaryl/α,β-unsaturated/α-hetero) is 1. The van der Waals surface area contributed by atoms with E-state index in [4.69, 9.17) is 0 Å². The zero-order valence-electron chi connectivity index (χ0n) is 14.4. The van der Waals surface area contributed by atoms with Gasteiger partial charge < -0.3 is 5.11 Å². The summed E-state index contributed by atoms with van der Waals surface area (Å²) in [6.07, 6.45) is 0. The minimum Gasteiger partial charge on any atom is -0.478 e. The van der Waals surface area contributed by atoms with Crippen molar-refractivity contribution < 1.29 is 14.7 Å². The van der Waals surface area contributed by atoms with Gasteiger partial charge in [-0.05, 0) is 29.7 Å². The first-order chi connectivity index (χ1) is 12.6. The number of carboxylic acids is 1. The minimum absolute atomic E-state index is 0.0545. The van der Waals surface area contributed by atoms with E-state index in [1.807, 2.05) is 91.0 Å². The van der Waals surface area contributed by atoms with Crippen LogP contribution < -0.4 is 15.9 Å². The van der Waals surface area contributed by atoms with Gasteiger partial charge in [-0.25, -0.2) is 4.79 Å². The molecule has 0 unspecified atom stereocenters. The Balaban J connectivity index is 2.64. The van der Waals surface area contributed by atoms with Crippen LogP contribution in [0.25, 0.3) is 0 Å². The van der Waals surface area contributed by atoms with Crippen LogP contribution >= 0.6 is 6.89 Å². The number of ketones is 1. The summed E-state index contributed by atoms with van der Waals surface area (Å²) in [5.41, 5.74) is 0. The fourth-order valence-corrected chi connectivity index (χ4v) is 7.61. The lowest BCUT2D eigenvalue weighted by molar-refractivity contribution is -0.129. The Morgan fingerprint density at radius 1 is 0.654 bits per heavy atom. The third-order valence-electron chi connectivity index (χ3n) is 4.30. The fourth-order valence-electron chi connectivity index (χ4n) is 3.32. The van der Waals surface area contributed by atoms with Crippen LogP contribution in [-0.2, 0) is 9.59 Å². The van der Waals surface area contributed by atoms with Gasteiger partial charge in [-0.2, -0.15) is 0 Å². The minimum atomic E-state index is -2.81. The Hall–Kier alpha value is -2.90. The summed E-state index contributed by atoms with van der Waals surface area (Å²) in [5.74, 6) is -1.58. The quantitative estimate of drug-likeness (QED) is 0.561. The third-order valence-corrected chi connectivity index (χ3v) is 8.70. The van der Waals surface area contributed by atoms with Crippen molar-refractivity contribution in [3.63, 3.8) is 0 Å². The predicted octanol–water partition coefficient (Wildman–Crippen LogP) is 2.83. The highest BCUT2D eigenvalue weighted by molar-refractivity contribution is 7.97. The SMILES string of the molecule is CC(=O)C(C(=O)O)=P(c1ccccc1)(c1ccccc1)c1ccccc1. The summed E-state index contributed by atoms with van der Waals surface area (Å²) in [7, 11) is 0. The van der Waals surface area contributed by atoms with E-state index in [1.165, 1.54) is 6.92 Å². The standard InChI is InChI=1S/C22H19O3P/c1-17(23)21(22(24)25)26(18-11-5-2-6-12-18,19-13-7-3-8-14-19)20-15-9-4-10-16-20/h2-16H,1H3,(H,24,25). The van der Waals surface area contributed by atoms with E-state index in [1.54, 1.807) is 0 Å². The molecule has 0 fully saturated rings. The van der Waals surface area contributed by atoms with Gasteiger partial charge in [0.05, 0.1) is 0 Å². The van der Waals surface area contributed by atoms with E-state index >= 15 is 0 Å². The number of rotatable bonds is 5. The number of benzene rings is 3. The van der Waals surface area contributed by atoms with Crippen molar-refractivity contribution in [1.82, 2.24) is 0 Å². The summed E-state index contributed by atoms with van der Waals surface area (Å²) in [5, 5.41) is 12.5. The zero-order chi connectivity index (χ0) is 18.6. The normalized spacial score (nSPS) is 11.0. The molecule has 0 aliphatic carbocycles. The third kappa shape index (κ3) is 3.02. The Kier molecular flexibility index (Phi) is 5.20. The van der Waals surface area contributed by atoms with Gasteiger partial charge in [-0.3, -0.25) is 4.79 Å². The first-order valence-corrected chi connectivity index (χ1v) is 10.0. The molecule has 0 spiro atoms. The van der Waals surface area contributed by atoms with Crippen molar-refractivity contribution in [2.45, 2.75) is 6.92 Å². The molecule has 4 heteroatoms. The Morgan fingerprint density at radius 3 is 1.19 bits per heavy atom. The average molecular weight is 362 g/mol. The molecule has 26 heavy (non-hydrogen) atoms. The molecule has 0 aliphatic rings. The Bertz CT molecular complexity index is 858. The molecule has 3 nitrogen and oxygen atoms in total. The molecule has 0 amide bonds. The summed E-state index contributed by atoms with van der Waals surface area (Å²) in [4.78, 5) is 24.8. The lowest BCUT2D eigenvalue weighted by atomic mass is 10.3. The first kappa shape index (κ1) is 17.9. The second-order valence-electron chi connectivity index (χ2n) is 5.89. The Labute approximate surface area is 152 Å². The van der Waals surface area contributed by atoms with Crippen LogP contribution in [0.1, 0.15) is 6.92 Å². The zero-order valence-corrected chi connectivity index (χ0v) is 15.3. The molecule has 0 saturated heterocycles. The first-order valence-electron chi connectivity index (χ1n) is 8.26. The molecule has 3 rings (SSSR count). The number of carbonyl (C=O) groups is 2. The molecule has 1 N–H and O–H groups in total. The van der Waals surface area contributed by atoms with Crippen LogP contribution in [0.3, 0.4) is 0 Å². The van der Waals surface area contributed by atoms with Crippen molar-refractivity contribution in [3.05, 3.63) is 91.0 Å². The van der Waals surface area contributed by atoms with Gasteiger partial charge in [0.2, 0.25) is 0 Å². The van der Waals surface area contributed by atoms with Crippen molar-refractivity contribution in [3.8, 4) is 0 Å². The van der Waals surface area contributed by atoms with Crippen LogP contribution in [0.15, 0.2) is 91.0 Å². The van der Waals surface area contributed by atoms with Gasteiger partial charge in [-0.1, -0.05) is 91.0 Å². The van der Waals surface area contributed by atoms with E-state index in [9.17, 15) is 14.7 Å². The highest BCUT2D eigenvalue weighted by Crippen LogP contribution is 2.46. The molecular formula is C22H19O3P. The highest BCUT2D eigenvalue weighted by atomic mass is 31.2. The van der Waals surface area contributed by atoms with Crippen molar-refractivity contribution >= 4 is 39.8 Å². The molecule has 0 bridgehead atoms. The topological polar surface area (TPSA) is 54.4 Å². The van der Waals surface area contributed by atoms with E-state index in [0.29, 0.717) is 0 Å². The molecule has 0 saturated carbocycles. The summed E-state index contributed by atoms with van der Waals surface area (Å²) >= 11 is 0. The van der Waals surface area contributed by atoms with Crippen molar-refractivity contribution in [2.24, 2.45) is 0 Å². The predicted molar refractivity (Wildman–Crippen MR) is 108 cm³/mol. The van der Waals surface area contributed by atoms with E-state index in [2.05, 4.69) is 0 Å². The molecule has 0 atom stereocenters. The van der Waals surface area contributed by atoms with Gasteiger partial charge in [-0.15, -0.1) is 0 Å². The van der Waals surface area contributed by atoms with Crippen molar-refractivity contribution in [2.75, 3.05) is 0 Å². The maximum atomic E-state index is 12.6. The van der Waals surface area contributed by atoms with Gasteiger partial charge in [0.1, 0.15) is 5.29 Å². The van der Waals surface area contributed by atoms with Crippen LogP contribution in [0, 0.1) is 0 Å². The number of hydrogen-bond acceptors (Lipinski definition) is 2. The molecular weight excluding hydrogens is 343 g/mol. The van der Waals surface area contributed by atoms with Gasteiger partial charge in [0.25, 0.3) is 0 Å². The van der Waals surface area contributed by atoms with Crippen LogP contribution in [-0.4, -0.2) is 22.2 Å².